The second kappa shape index (κ2) is 10.5. The summed E-state index contributed by atoms with van der Waals surface area (Å²) in [4.78, 5) is 13.1. The van der Waals surface area contributed by atoms with E-state index in [0.717, 1.165) is 18.4 Å². The molecule has 3 N–H and O–H groups in total. The van der Waals surface area contributed by atoms with E-state index in [-0.39, 0.29) is 22.5 Å². The Bertz CT molecular complexity index is 1070. The molecule has 2 aromatic carbocycles. The number of hydrogen-bond donors (Lipinski definition) is 3. The van der Waals surface area contributed by atoms with Crippen molar-refractivity contribution in [3.8, 4) is 5.75 Å². The van der Waals surface area contributed by atoms with Gasteiger partial charge in [0, 0.05) is 16.6 Å². The molecule has 1 saturated carbocycles. The minimum Gasteiger partial charge on any atom is -0.435 e. The van der Waals surface area contributed by atoms with Crippen molar-refractivity contribution in [2.45, 2.75) is 69.5 Å². The summed E-state index contributed by atoms with van der Waals surface area (Å²) in [5.41, 5.74) is 1.12. The topological polar surface area (TPSA) is 83.0 Å². The van der Waals surface area contributed by atoms with Gasteiger partial charge >= 0.3 is 12.6 Å². The number of halogens is 3. The third-order valence-electron chi connectivity index (χ3n) is 5.48. The van der Waals surface area contributed by atoms with Crippen LogP contribution < -0.4 is 14.8 Å². The molecule has 1 unspecified atom stereocenters. The fraction of sp³-hybridized carbons (Fsp3) is 0.458. The average Bonchev–Trinajstić information content (AvgIpc) is 3.57. The standard InChI is InChI=1S/C24H30F3N3O3S/c1-13(2)17-11-16(33-22(26)27)12-18(14-6-7-14)21(17)29-23(31)30-34(28-5)20-9-8-15(10-19(20)25)24(3,4)32/h8-14,22,32H,6-7H2,1-5H3,(H2,28,29,30,31). The number of nitrogens with zero attached hydrogens (tertiary/aromatic N) is 1. The molecule has 186 valence electrons. The third kappa shape index (κ3) is 6.37. The average molecular weight is 498 g/mol. The molecule has 1 aliphatic carbocycles. The second-order valence-electron chi connectivity index (χ2n) is 9.00. The third-order valence-corrected chi connectivity index (χ3v) is 6.97. The lowest BCUT2D eigenvalue weighted by Gasteiger charge is -2.20. The number of carbonyl (C=O) groups is 1. The first-order valence-corrected chi connectivity index (χ1v) is 12.2. The van der Waals surface area contributed by atoms with Gasteiger partial charge in [0.15, 0.2) is 0 Å². The largest absolute Gasteiger partial charge is 0.435 e. The van der Waals surface area contributed by atoms with Crippen molar-refractivity contribution >= 4 is 22.6 Å². The van der Waals surface area contributed by atoms with Gasteiger partial charge in [-0.2, -0.15) is 13.1 Å². The normalized spacial score (nSPS) is 15.1. The van der Waals surface area contributed by atoms with Crippen LogP contribution in [0.1, 0.15) is 69.1 Å². The molecular formula is C24H30F3N3O3S. The molecule has 1 fully saturated rings. The first-order chi connectivity index (χ1) is 15.9. The maximum atomic E-state index is 14.8. The van der Waals surface area contributed by atoms with Crippen molar-refractivity contribution in [1.82, 2.24) is 4.72 Å². The van der Waals surface area contributed by atoms with Crippen LogP contribution in [0.3, 0.4) is 0 Å². The summed E-state index contributed by atoms with van der Waals surface area (Å²) in [6, 6.07) is 6.67. The molecule has 0 aromatic heterocycles. The molecule has 1 aliphatic rings. The van der Waals surface area contributed by atoms with E-state index in [9.17, 15) is 23.1 Å². The number of aliphatic hydroxyl groups is 1. The smallest absolute Gasteiger partial charge is 0.387 e. The molecule has 1 atom stereocenters. The van der Waals surface area contributed by atoms with Crippen LogP contribution in [-0.2, 0) is 16.5 Å². The molecule has 3 rings (SSSR count). The Labute approximate surface area is 200 Å². The highest BCUT2D eigenvalue weighted by Crippen LogP contribution is 2.47. The van der Waals surface area contributed by atoms with E-state index in [2.05, 4.69) is 19.1 Å². The minimum atomic E-state index is -2.95. The van der Waals surface area contributed by atoms with Gasteiger partial charge in [-0.3, -0.25) is 4.72 Å². The van der Waals surface area contributed by atoms with Crippen LogP contribution >= 0.6 is 0 Å². The number of nitrogens with one attached hydrogen (secondary N) is 2. The molecule has 2 amide bonds. The lowest BCUT2D eigenvalue weighted by atomic mass is 9.95. The van der Waals surface area contributed by atoms with Crippen LogP contribution in [0.25, 0.3) is 0 Å². The number of ether oxygens (including phenoxy) is 1. The Balaban J connectivity index is 1.95. The van der Waals surface area contributed by atoms with Gasteiger partial charge in [-0.1, -0.05) is 19.9 Å². The summed E-state index contributed by atoms with van der Waals surface area (Å²) >= 11 is 0. The molecule has 0 spiro atoms. The van der Waals surface area contributed by atoms with Crippen LogP contribution in [0, 0.1) is 5.82 Å². The monoisotopic (exact) mass is 497 g/mol. The Morgan fingerprint density at radius 2 is 1.91 bits per heavy atom. The van der Waals surface area contributed by atoms with Crippen molar-refractivity contribution in [2.75, 3.05) is 12.4 Å². The number of hydrogen-bond acceptors (Lipinski definition) is 3. The van der Waals surface area contributed by atoms with E-state index < -0.39 is 34.9 Å². The molecule has 10 heteroatoms. The Hall–Kier alpha value is -2.43. The van der Waals surface area contributed by atoms with Gasteiger partial charge in [-0.25, -0.2) is 9.18 Å². The molecular weight excluding hydrogens is 467 g/mol. The van der Waals surface area contributed by atoms with Crippen molar-refractivity contribution in [3.05, 3.63) is 52.8 Å². The van der Waals surface area contributed by atoms with E-state index in [4.69, 9.17) is 0 Å². The highest BCUT2D eigenvalue weighted by atomic mass is 32.2. The van der Waals surface area contributed by atoms with Crippen LogP contribution in [0.15, 0.2) is 39.6 Å². The van der Waals surface area contributed by atoms with Gasteiger partial charge in [0.05, 0.1) is 10.5 Å². The summed E-state index contributed by atoms with van der Waals surface area (Å²) in [5.74, 6) is -0.477. The predicted molar refractivity (Wildman–Crippen MR) is 127 cm³/mol. The summed E-state index contributed by atoms with van der Waals surface area (Å²) in [7, 11) is 0.270. The van der Waals surface area contributed by atoms with Crippen LogP contribution in [-0.4, -0.2) is 24.8 Å². The van der Waals surface area contributed by atoms with Gasteiger partial charge < -0.3 is 15.2 Å². The molecule has 34 heavy (non-hydrogen) atoms. The number of urea groups is 1. The lowest BCUT2D eigenvalue weighted by molar-refractivity contribution is -0.0499. The quantitative estimate of drug-likeness (QED) is 0.407. The van der Waals surface area contributed by atoms with Crippen LogP contribution in [0.5, 0.6) is 5.75 Å². The molecule has 2 aromatic rings. The van der Waals surface area contributed by atoms with Gasteiger partial charge in [-0.05, 0) is 86.5 Å². The van der Waals surface area contributed by atoms with E-state index in [1.54, 1.807) is 27.0 Å². The van der Waals surface area contributed by atoms with Crippen molar-refractivity contribution in [3.63, 3.8) is 0 Å². The van der Waals surface area contributed by atoms with E-state index >= 15 is 0 Å². The highest BCUT2D eigenvalue weighted by molar-refractivity contribution is 7.85. The Kier molecular flexibility index (Phi) is 8.05. The fourth-order valence-corrected chi connectivity index (χ4v) is 4.66. The maximum Gasteiger partial charge on any atom is 0.387 e. The SMILES string of the molecule is CNS(=NC(=O)Nc1c(C(C)C)cc(OC(F)F)cc1C1CC1)c1ccc(C(C)(C)O)cc1F. The summed E-state index contributed by atoms with van der Waals surface area (Å²) < 4.78 is 52.0. The number of benzene rings is 2. The molecule has 0 aliphatic heterocycles. The highest BCUT2D eigenvalue weighted by Gasteiger charge is 2.30. The molecule has 0 heterocycles. The zero-order valence-electron chi connectivity index (χ0n) is 19.8. The molecule has 6 nitrogen and oxygen atoms in total. The predicted octanol–water partition coefficient (Wildman–Crippen LogP) is 6.18. The van der Waals surface area contributed by atoms with Crippen LogP contribution in [0.2, 0.25) is 0 Å². The van der Waals surface area contributed by atoms with Crippen LogP contribution in [0.4, 0.5) is 23.7 Å². The van der Waals surface area contributed by atoms with E-state index in [1.165, 1.54) is 24.3 Å². The number of alkyl halides is 2. The zero-order chi connectivity index (χ0) is 25.2. The summed E-state index contributed by atoms with van der Waals surface area (Å²) in [6.07, 6.45) is 1.77. The number of amides is 2. The van der Waals surface area contributed by atoms with Crippen molar-refractivity contribution in [2.24, 2.45) is 4.36 Å². The zero-order valence-corrected chi connectivity index (χ0v) is 20.6. The first-order valence-electron chi connectivity index (χ1n) is 11.0. The molecule has 0 radical (unpaired) electrons. The second-order valence-corrected chi connectivity index (χ2v) is 10.6. The summed E-state index contributed by atoms with van der Waals surface area (Å²) in [5, 5.41) is 12.9. The molecule has 0 saturated heterocycles. The van der Waals surface area contributed by atoms with Gasteiger partial charge in [0.25, 0.3) is 0 Å². The molecule has 0 bridgehead atoms. The maximum absolute atomic E-state index is 14.8. The lowest BCUT2D eigenvalue weighted by Crippen LogP contribution is -2.19. The fourth-order valence-electron chi connectivity index (χ4n) is 3.60. The van der Waals surface area contributed by atoms with E-state index in [1.807, 2.05) is 13.8 Å². The first kappa shape index (κ1) is 26.2. The van der Waals surface area contributed by atoms with Gasteiger partial charge in [-0.15, -0.1) is 0 Å². The Morgan fingerprint density at radius 1 is 1.24 bits per heavy atom. The van der Waals surface area contributed by atoms with Gasteiger partial charge in [0.1, 0.15) is 11.6 Å². The minimum absolute atomic E-state index is 0.0551. The number of anilines is 1. The number of rotatable bonds is 8. The Morgan fingerprint density at radius 3 is 2.41 bits per heavy atom. The van der Waals surface area contributed by atoms with Gasteiger partial charge in [0.2, 0.25) is 0 Å². The summed E-state index contributed by atoms with van der Waals surface area (Å²) in [6.45, 7) is 3.94. The van der Waals surface area contributed by atoms with E-state index in [0.29, 0.717) is 16.8 Å². The van der Waals surface area contributed by atoms with Crippen molar-refractivity contribution < 1.29 is 27.8 Å². The number of carbonyl (C=O) groups excluding carboxylic acids is 1. The van der Waals surface area contributed by atoms with Crippen molar-refractivity contribution in [1.29, 1.82) is 0 Å².